The van der Waals surface area contributed by atoms with Gasteiger partial charge >= 0.3 is 0 Å². The van der Waals surface area contributed by atoms with Gasteiger partial charge in [0.15, 0.2) is 0 Å². The third kappa shape index (κ3) is 3.30. The Balaban J connectivity index is 2.02. The number of halogens is 2. The fourth-order valence-electron chi connectivity index (χ4n) is 2.62. The first kappa shape index (κ1) is 15.3. The van der Waals surface area contributed by atoms with Crippen molar-refractivity contribution in [1.82, 2.24) is 10.2 Å². The maximum Gasteiger partial charge on any atom is 0.253 e. The van der Waals surface area contributed by atoms with Crippen LogP contribution in [0.15, 0.2) is 16.6 Å². The van der Waals surface area contributed by atoms with E-state index >= 15 is 0 Å². The summed E-state index contributed by atoms with van der Waals surface area (Å²) < 4.78 is 13.8. The molecule has 1 amide bonds. The van der Waals surface area contributed by atoms with Crippen molar-refractivity contribution in [2.75, 3.05) is 25.4 Å². The number of benzene rings is 1. The number of nitrogens with two attached hydrogens (primary N) is 1. The molecule has 2 rings (SSSR count). The molecular formula is C14H19BrFN3O. The Morgan fingerprint density at radius 2 is 2.35 bits per heavy atom. The molecule has 3 N–H and O–H groups in total. The fraction of sp³-hybridized carbons (Fsp3) is 0.500. The Morgan fingerprint density at radius 3 is 3.05 bits per heavy atom. The van der Waals surface area contributed by atoms with Gasteiger partial charge in [0.05, 0.1) is 11.3 Å². The van der Waals surface area contributed by atoms with Crippen molar-refractivity contribution in [2.45, 2.75) is 25.8 Å². The largest absolute Gasteiger partial charge is 0.397 e. The van der Waals surface area contributed by atoms with Gasteiger partial charge in [0.1, 0.15) is 5.82 Å². The fourth-order valence-corrected chi connectivity index (χ4v) is 3.05. The topological polar surface area (TPSA) is 58.4 Å². The Hall–Kier alpha value is -1.14. The second kappa shape index (κ2) is 6.54. The van der Waals surface area contributed by atoms with E-state index in [1.54, 1.807) is 0 Å². The molecule has 1 saturated heterocycles. The molecule has 1 aliphatic rings. The van der Waals surface area contributed by atoms with Crippen LogP contribution in [0.5, 0.6) is 0 Å². The van der Waals surface area contributed by atoms with Gasteiger partial charge in [0, 0.05) is 17.1 Å². The van der Waals surface area contributed by atoms with Crippen LogP contribution in [0, 0.1) is 5.82 Å². The van der Waals surface area contributed by atoms with Crippen LogP contribution in [0.2, 0.25) is 0 Å². The SMILES string of the molecule is CCN1CCC[C@H]1CNC(=O)c1cc(F)cc(Br)c1N. The first-order valence-corrected chi connectivity index (χ1v) is 7.59. The lowest BCUT2D eigenvalue weighted by molar-refractivity contribution is 0.0942. The molecule has 0 bridgehead atoms. The van der Waals surface area contributed by atoms with Crippen molar-refractivity contribution in [2.24, 2.45) is 0 Å². The normalized spacial score (nSPS) is 19.2. The minimum absolute atomic E-state index is 0.179. The molecule has 1 aromatic carbocycles. The number of nitrogens with zero attached hydrogens (tertiary/aromatic N) is 1. The van der Waals surface area contributed by atoms with E-state index in [9.17, 15) is 9.18 Å². The summed E-state index contributed by atoms with van der Waals surface area (Å²) >= 11 is 3.15. The van der Waals surface area contributed by atoms with E-state index < -0.39 is 5.82 Å². The number of carbonyl (C=O) groups is 1. The van der Waals surface area contributed by atoms with Gasteiger partial charge in [-0.25, -0.2) is 4.39 Å². The van der Waals surface area contributed by atoms with E-state index in [2.05, 4.69) is 33.1 Å². The summed E-state index contributed by atoms with van der Waals surface area (Å²) in [4.78, 5) is 14.5. The number of nitrogens with one attached hydrogen (secondary N) is 1. The molecule has 0 aromatic heterocycles. The van der Waals surface area contributed by atoms with E-state index in [4.69, 9.17) is 5.73 Å². The van der Waals surface area contributed by atoms with Crippen LogP contribution >= 0.6 is 15.9 Å². The minimum Gasteiger partial charge on any atom is -0.397 e. The minimum atomic E-state index is -0.479. The molecule has 1 heterocycles. The summed E-state index contributed by atoms with van der Waals surface area (Å²) in [6, 6.07) is 2.78. The molecule has 0 unspecified atom stereocenters. The van der Waals surface area contributed by atoms with E-state index in [-0.39, 0.29) is 17.2 Å². The van der Waals surface area contributed by atoms with Gasteiger partial charge in [0.25, 0.3) is 5.91 Å². The number of amides is 1. The summed E-state index contributed by atoms with van der Waals surface area (Å²) in [5.74, 6) is -0.807. The van der Waals surface area contributed by atoms with Gasteiger partial charge in [-0.15, -0.1) is 0 Å². The van der Waals surface area contributed by atoms with Crippen molar-refractivity contribution in [3.63, 3.8) is 0 Å². The van der Waals surface area contributed by atoms with Gasteiger partial charge in [0.2, 0.25) is 0 Å². The van der Waals surface area contributed by atoms with E-state index in [0.717, 1.165) is 25.9 Å². The standard InChI is InChI=1S/C14H19BrFN3O/c1-2-19-5-3-4-10(19)8-18-14(20)11-6-9(16)7-12(15)13(11)17/h6-7,10H,2-5,8,17H2,1H3,(H,18,20)/t10-/m0/s1. The summed E-state index contributed by atoms with van der Waals surface area (Å²) in [6.45, 7) is 4.74. The molecule has 0 aliphatic carbocycles. The Kier molecular flexibility index (Phi) is 4.99. The molecule has 110 valence electrons. The Morgan fingerprint density at radius 1 is 1.60 bits per heavy atom. The number of likely N-dealkylation sites (N-methyl/N-ethyl adjacent to an activating group) is 1. The smallest absolute Gasteiger partial charge is 0.253 e. The highest BCUT2D eigenvalue weighted by molar-refractivity contribution is 9.10. The van der Waals surface area contributed by atoms with Crippen LogP contribution in [0.1, 0.15) is 30.1 Å². The monoisotopic (exact) mass is 343 g/mol. The van der Waals surface area contributed by atoms with E-state index in [0.29, 0.717) is 17.1 Å². The molecule has 0 saturated carbocycles. The second-order valence-electron chi connectivity index (χ2n) is 4.98. The first-order chi connectivity index (χ1) is 9.52. The molecule has 0 radical (unpaired) electrons. The predicted octanol–water partition coefficient (Wildman–Crippen LogP) is 2.38. The number of carbonyl (C=O) groups excluding carboxylic acids is 1. The van der Waals surface area contributed by atoms with Gasteiger partial charge in [-0.3, -0.25) is 9.69 Å². The molecule has 1 aromatic rings. The third-order valence-corrected chi connectivity index (χ3v) is 4.40. The number of rotatable bonds is 4. The van der Waals surface area contributed by atoms with E-state index in [1.807, 2.05) is 0 Å². The lowest BCUT2D eigenvalue weighted by atomic mass is 10.1. The zero-order chi connectivity index (χ0) is 14.7. The van der Waals surface area contributed by atoms with Gasteiger partial charge in [-0.2, -0.15) is 0 Å². The van der Waals surface area contributed by atoms with Crippen molar-refractivity contribution in [3.05, 3.63) is 28.0 Å². The van der Waals surface area contributed by atoms with Crippen molar-refractivity contribution in [3.8, 4) is 0 Å². The maximum atomic E-state index is 13.4. The number of likely N-dealkylation sites (tertiary alicyclic amines) is 1. The third-order valence-electron chi connectivity index (χ3n) is 3.74. The molecule has 20 heavy (non-hydrogen) atoms. The summed E-state index contributed by atoms with van der Waals surface area (Å²) in [6.07, 6.45) is 2.23. The highest BCUT2D eigenvalue weighted by Gasteiger charge is 2.24. The van der Waals surface area contributed by atoms with Gasteiger partial charge < -0.3 is 11.1 Å². The molecule has 1 fully saturated rings. The first-order valence-electron chi connectivity index (χ1n) is 6.79. The average molecular weight is 344 g/mol. The number of hydrogen-bond donors (Lipinski definition) is 2. The van der Waals surface area contributed by atoms with Crippen LogP contribution in [0.25, 0.3) is 0 Å². The van der Waals surface area contributed by atoms with Crippen LogP contribution in [-0.4, -0.2) is 36.5 Å². The van der Waals surface area contributed by atoms with Crippen LogP contribution < -0.4 is 11.1 Å². The van der Waals surface area contributed by atoms with Gasteiger partial charge in [-0.1, -0.05) is 6.92 Å². The lowest BCUT2D eigenvalue weighted by Crippen LogP contribution is -2.40. The summed E-state index contributed by atoms with van der Waals surface area (Å²) in [5, 5.41) is 2.85. The van der Waals surface area contributed by atoms with Crippen LogP contribution in [0.3, 0.4) is 0 Å². The quantitative estimate of drug-likeness (QED) is 0.825. The molecule has 1 atom stereocenters. The highest BCUT2D eigenvalue weighted by atomic mass is 79.9. The molecular weight excluding hydrogens is 325 g/mol. The molecule has 4 nitrogen and oxygen atoms in total. The van der Waals surface area contributed by atoms with Gasteiger partial charge in [-0.05, 0) is 54.0 Å². The summed E-state index contributed by atoms with van der Waals surface area (Å²) in [5.41, 5.74) is 6.25. The number of nitrogen functional groups attached to an aromatic ring is 1. The van der Waals surface area contributed by atoms with Crippen molar-refractivity contribution in [1.29, 1.82) is 0 Å². The average Bonchev–Trinajstić information content (AvgIpc) is 2.87. The zero-order valence-electron chi connectivity index (χ0n) is 11.5. The summed E-state index contributed by atoms with van der Waals surface area (Å²) in [7, 11) is 0. The Bertz CT molecular complexity index is 509. The zero-order valence-corrected chi connectivity index (χ0v) is 13.0. The predicted molar refractivity (Wildman–Crippen MR) is 81.1 cm³/mol. The van der Waals surface area contributed by atoms with Crippen molar-refractivity contribution < 1.29 is 9.18 Å². The van der Waals surface area contributed by atoms with E-state index in [1.165, 1.54) is 12.1 Å². The number of anilines is 1. The lowest BCUT2D eigenvalue weighted by Gasteiger charge is -2.23. The highest BCUT2D eigenvalue weighted by Crippen LogP contribution is 2.25. The second-order valence-corrected chi connectivity index (χ2v) is 5.84. The van der Waals surface area contributed by atoms with Crippen LogP contribution in [-0.2, 0) is 0 Å². The molecule has 6 heteroatoms. The van der Waals surface area contributed by atoms with Crippen molar-refractivity contribution >= 4 is 27.5 Å². The maximum absolute atomic E-state index is 13.4. The molecule has 0 spiro atoms. The molecule has 1 aliphatic heterocycles. The Labute approximate surface area is 126 Å². The number of hydrogen-bond acceptors (Lipinski definition) is 3. The van der Waals surface area contributed by atoms with Crippen LogP contribution in [0.4, 0.5) is 10.1 Å².